The van der Waals surface area contributed by atoms with Gasteiger partial charge in [-0.15, -0.1) is 13.2 Å². The number of rotatable bonds is 6. The fraction of sp³-hybridized carbons (Fsp3) is 0.692. The summed E-state index contributed by atoms with van der Waals surface area (Å²) >= 11 is 0. The van der Waals surface area contributed by atoms with Crippen molar-refractivity contribution in [2.24, 2.45) is 11.8 Å². The highest BCUT2D eigenvalue weighted by molar-refractivity contribution is 7.86. The molecule has 0 bridgehead atoms. The molecule has 0 N–H and O–H groups in total. The molecule has 2 atom stereocenters. The van der Waals surface area contributed by atoms with Gasteiger partial charge in [0, 0.05) is 26.2 Å². The van der Waals surface area contributed by atoms with Crippen LogP contribution < -0.4 is 0 Å². The Balaban J connectivity index is 2.88. The Kier molecular flexibility index (Phi) is 5.56. The summed E-state index contributed by atoms with van der Waals surface area (Å²) in [6.07, 6.45) is 4.31. The second kappa shape index (κ2) is 6.50. The largest absolute Gasteiger partial charge is 0.282 e. The quantitative estimate of drug-likeness (QED) is 0.693. The summed E-state index contributed by atoms with van der Waals surface area (Å²) in [4.78, 5) is 0. The van der Waals surface area contributed by atoms with Crippen molar-refractivity contribution in [1.82, 2.24) is 8.61 Å². The molecular weight excluding hydrogens is 248 g/mol. The van der Waals surface area contributed by atoms with E-state index in [9.17, 15) is 8.42 Å². The highest BCUT2D eigenvalue weighted by Gasteiger charge is 2.33. The molecule has 1 aliphatic rings. The molecule has 1 fully saturated rings. The smallest absolute Gasteiger partial charge is 0.195 e. The molecule has 0 aromatic heterocycles. The average molecular weight is 272 g/mol. The van der Waals surface area contributed by atoms with Crippen molar-refractivity contribution < 1.29 is 8.42 Å². The molecule has 1 aliphatic heterocycles. The van der Waals surface area contributed by atoms with Crippen LogP contribution in [0.1, 0.15) is 20.3 Å². The number of piperidine rings is 1. The number of hydrogen-bond donors (Lipinski definition) is 0. The Hall–Kier alpha value is -0.650. The maximum atomic E-state index is 12.5. The van der Waals surface area contributed by atoms with E-state index in [2.05, 4.69) is 27.0 Å². The summed E-state index contributed by atoms with van der Waals surface area (Å²) in [6.45, 7) is 13.3. The van der Waals surface area contributed by atoms with Crippen molar-refractivity contribution in [3.63, 3.8) is 0 Å². The zero-order valence-electron chi connectivity index (χ0n) is 11.4. The molecule has 0 aliphatic carbocycles. The molecule has 0 unspecified atom stereocenters. The molecule has 1 heterocycles. The van der Waals surface area contributed by atoms with E-state index in [1.54, 1.807) is 16.5 Å². The van der Waals surface area contributed by atoms with E-state index >= 15 is 0 Å². The van der Waals surface area contributed by atoms with Crippen molar-refractivity contribution in [1.29, 1.82) is 0 Å². The van der Waals surface area contributed by atoms with Gasteiger partial charge in [0.2, 0.25) is 0 Å². The van der Waals surface area contributed by atoms with Crippen LogP contribution in [0.2, 0.25) is 0 Å². The molecule has 5 heteroatoms. The van der Waals surface area contributed by atoms with Gasteiger partial charge in [0.25, 0.3) is 10.2 Å². The van der Waals surface area contributed by atoms with Crippen LogP contribution in [-0.2, 0) is 10.2 Å². The molecule has 18 heavy (non-hydrogen) atoms. The maximum Gasteiger partial charge on any atom is 0.282 e. The van der Waals surface area contributed by atoms with E-state index in [0.29, 0.717) is 38.0 Å². The van der Waals surface area contributed by atoms with E-state index in [1.807, 2.05) is 0 Å². The summed E-state index contributed by atoms with van der Waals surface area (Å²) in [5.41, 5.74) is 0. The monoisotopic (exact) mass is 272 g/mol. The first-order valence-corrected chi connectivity index (χ1v) is 7.78. The molecule has 4 nitrogen and oxygen atoms in total. The molecule has 0 radical (unpaired) electrons. The molecular formula is C13H24N2O2S. The number of nitrogens with zero attached hydrogens (tertiary/aromatic N) is 2. The minimum Gasteiger partial charge on any atom is -0.195 e. The average Bonchev–Trinajstić information content (AvgIpc) is 2.27. The van der Waals surface area contributed by atoms with Crippen LogP contribution in [0, 0.1) is 11.8 Å². The molecule has 0 aromatic carbocycles. The minimum absolute atomic E-state index is 0.327. The Labute approximate surface area is 111 Å². The lowest BCUT2D eigenvalue weighted by atomic mass is 9.94. The summed E-state index contributed by atoms with van der Waals surface area (Å²) in [5.74, 6) is 0.829. The van der Waals surface area contributed by atoms with Gasteiger partial charge >= 0.3 is 0 Å². The van der Waals surface area contributed by atoms with Crippen LogP contribution in [-0.4, -0.2) is 43.2 Å². The second-order valence-electron chi connectivity index (χ2n) is 5.17. The standard InChI is InChI=1S/C13H24N2O2S/c1-5-7-14(8-6-2)18(16,17)15-10-12(3)9-13(4)11-15/h5-6,12-13H,1-2,7-11H2,3-4H3/t12-,13-/m1/s1. The Bertz CT molecular complexity index is 372. The van der Waals surface area contributed by atoms with Gasteiger partial charge in [-0.2, -0.15) is 17.0 Å². The molecule has 0 aromatic rings. The molecule has 1 rings (SSSR count). The van der Waals surface area contributed by atoms with Crippen LogP contribution in [0.3, 0.4) is 0 Å². The Morgan fingerprint density at radius 1 is 1.17 bits per heavy atom. The van der Waals surface area contributed by atoms with Gasteiger partial charge in [0.05, 0.1) is 0 Å². The van der Waals surface area contributed by atoms with E-state index in [0.717, 1.165) is 6.42 Å². The topological polar surface area (TPSA) is 40.6 Å². The normalized spacial score (nSPS) is 26.2. The lowest BCUT2D eigenvalue weighted by Crippen LogP contribution is -2.49. The molecule has 104 valence electrons. The maximum absolute atomic E-state index is 12.5. The Morgan fingerprint density at radius 3 is 2.00 bits per heavy atom. The van der Waals surface area contributed by atoms with Crippen LogP contribution in [0.25, 0.3) is 0 Å². The highest BCUT2D eigenvalue weighted by Crippen LogP contribution is 2.24. The first kappa shape index (κ1) is 15.4. The molecule has 0 saturated carbocycles. The lowest BCUT2D eigenvalue weighted by molar-refractivity contribution is 0.211. The van der Waals surface area contributed by atoms with E-state index < -0.39 is 10.2 Å². The van der Waals surface area contributed by atoms with Crippen molar-refractivity contribution in [2.75, 3.05) is 26.2 Å². The third kappa shape index (κ3) is 3.67. The summed E-state index contributed by atoms with van der Waals surface area (Å²) in [6, 6.07) is 0. The molecule has 0 amide bonds. The van der Waals surface area contributed by atoms with Gasteiger partial charge in [0.15, 0.2) is 0 Å². The van der Waals surface area contributed by atoms with Crippen molar-refractivity contribution in [3.05, 3.63) is 25.3 Å². The molecule has 0 spiro atoms. The van der Waals surface area contributed by atoms with E-state index in [4.69, 9.17) is 0 Å². The fourth-order valence-corrected chi connectivity index (χ4v) is 4.31. The summed E-state index contributed by atoms with van der Waals surface area (Å²) < 4.78 is 28.0. The van der Waals surface area contributed by atoms with Crippen molar-refractivity contribution >= 4 is 10.2 Å². The van der Waals surface area contributed by atoms with Crippen molar-refractivity contribution in [3.8, 4) is 0 Å². The van der Waals surface area contributed by atoms with Crippen LogP contribution in [0.4, 0.5) is 0 Å². The van der Waals surface area contributed by atoms with E-state index in [1.165, 1.54) is 4.31 Å². The predicted molar refractivity (Wildman–Crippen MR) is 75.4 cm³/mol. The van der Waals surface area contributed by atoms with Crippen LogP contribution >= 0.6 is 0 Å². The lowest BCUT2D eigenvalue weighted by Gasteiger charge is -2.36. The third-order valence-corrected chi connectivity index (χ3v) is 5.05. The van der Waals surface area contributed by atoms with Gasteiger partial charge in [-0.05, 0) is 18.3 Å². The van der Waals surface area contributed by atoms with Gasteiger partial charge in [-0.3, -0.25) is 0 Å². The Morgan fingerprint density at radius 2 is 1.61 bits per heavy atom. The van der Waals surface area contributed by atoms with Gasteiger partial charge in [0.1, 0.15) is 0 Å². The minimum atomic E-state index is -3.39. The van der Waals surface area contributed by atoms with Gasteiger partial charge < -0.3 is 0 Å². The zero-order valence-corrected chi connectivity index (χ0v) is 12.2. The third-order valence-electron chi connectivity index (χ3n) is 3.15. The van der Waals surface area contributed by atoms with Crippen LogP contribution in [0.15, 0.2) is 25.3 Å². The highest BCUT2D eigenvalue weighted by atomic mass is 32.2. The SMILES string of the molecule is C=CCN(CC=C)S(=O)(=O)N1C[C@H](C)C[C@@H](C)C1. The van der Waals surface area contributed by atoms with E-state index in [-0.39, 0.29) is 0 Å². The fourth-order valence-electron chi connectivity index (χ4n) is 2.51. The van der Waals surface area contributed by atoms with Crippen LogP contribution in [0.5, 0.6) is 0 Å². The predicted octanol–water partition coefficient (Wildman–Crippen LogP) is 1.88. The second-order valence-corrected chi connectivity index (χ2v) is 7.09. The first-order chi connectivity index (χ1) is 8.41. The molecule has 1 saturated heterocycles. The first-order valence-electron chi connectivity index (χ1n) is 6.38. The summed E-state index contributed by atoms with van der Waals surface area (Å²) in [5, 5.41) is 0. The van der Waals surface area contributed by atoms with Gasteiger partial charge in [-0.25, -0.2) is 0 Å². The number of hydrogen-bond acceptors (Lipinski definition) is 2. The zero-order chi connectivity index (χ0) is 13.8. The van der Waals surface area contributed by atoms with Crippen molar-refractivity contribution in [2.45, 2.75) is 20.3 Å². The van der Waals surface area contributed by atoms with Gasteiger partial charge in [-0.1, -0.05) is 26.0 Å². The summed E-state index contributed by atoms with van der Waals surface area (Å²) in [7, 11) is -3.39.